The first kappa shape index (κ1) is 20.7. The Morgan fingerprint density at radius 3 is 2.25 bits per heavy atom. The predicted octanol–water partition coefficient (Wildman–Crippen LogP) is 6.34. The Morgan fingerprint density at radius 1 is 1.00 bits per heavy atom. The van der Waals surface area contributed by atoms with Gasteiger partial charge in [0.2, 0.25) is 0 Å². The number of rotatable bonds is 8. The Kier molecular flexibility index (Phi) is 7.00. The zero-order chi connectivity index (χ0) is 20.0. The van der Waals surface area contributed by atoms with Crippen LogP contribution in [0.15, 0.2) is 54.6 Å². The van der Waals surface area contributed by atoms with E-state index in [9.17, 15) is 13.2 Å². The number of hydrogen-bond acceptors (Lipinski definition) is 2. The molecule has 2 nitrogen and oxygen atoms in total. The van der Waals surface area contributed by atoms with Gasteiger partial charge in [-0.15, -0.1) is 0 Å². The molecule has 0 N–H and O–H groups in total. The van der Waals surface area contributed by atoms with Crippen molar-refractivity contribution in [3.8, 4) is 5.75 Å². The van der Waals surface area contributed by atoms with Crippen LogP contribution in [0.5, 0.6) is 5.75 Å². The molecule has 0 unspecified atom stereocenters. The van der Waals surface area contributed by atoms with Gasteiger partial charge >= 0.3 is 6.18 Å². The van der Waals surface area contributed by atoms with Gasteiger partial charge in [0.25, 0.3) is 0 Å². The average molecular weight is 391 g/mol. The van der Waals surface area contributed by atoms with Gasteiger partial charge in [0, 0.05) is 19.5 Å². The van der Waals surface area contributed by atoms with Crippen LogP contribution in [-0.4, -0.2) is 25.0 Å². The van der Waals surface area contributed by atoms with Crippen molar-refractivity contribution in [3.63, 3.8) is 0 Å². The predicted molar refractivity (Wildman–Crippen MR) is 105 cm³/mol. The van der Waals surface area contributed by atoms with E-state index in [-0.39, 0.29) is 6.10 Å². The van der Waals surface area contributed by atoms with Crippen LogP contribution in [0, 0.1) is 5.92 Å². The first-order chi connectivity index (χ1) is 13.4. The molecule has 0 amide bonds. The Morgan fingerprint density at radius 2 is 1.64 bits per heavy atom. The van der Waals surface area contributed by atoms with Crippen molar-refractivity contribution >= 4 is 0 Å². The third-order valence-corrected chi connectivity index (χ3v) is 5.45. The fourth-order valence-corrected chi connectivity index (χ4v) is 3.91. The zero-order valence-electron chi connectivity index (χ0n) is 16.3. The molecular weight excluding hydrogens is 363 g/mol. The zero-order valence-corrected chi connectivity index (χ0v) is 16.3. The first-order valence-corrected chi connectivity index (χ1v) is 9.99. The van der Waals surface area contributed by atoms with Gasteiger partial charge in [-0.3, -0.25) is 0 Å². The van der Waals surface area contributed by atoms with E-state index in [0.29, 0.717) is 5.75 Å². The van der Waals surface area contributed by atoms with E-state index < -0.39 is 11.7 Å². The highest BCUT2D eigenvalue weighted by Gasteiger charge is 2.30. The molecule has 1 aliphatic carbocycles. The van der Waals surface area contributed by atoms with Gasteiger partial charge in [0.15, 0.2) is 0 Å². The molecule has 0 bridgehead atoms. The minimum atomic E-state index is -4.33. The summed E-state index contributed by atoms with van der Waals surface area (Å²) in [6.07, 6.45) is 1.56. The summed E-state index contributed by atoms with van der Waals surface area (Å²) in [5.41, 5.74) is 0.379. The summed E-state index contributed by atoms with van der Waals surface area (Å²) >= 11 is 0. The molecule has 1 atom stereocenters. The summed E-state index contributed by atoms with van der Waals surface area (Å²) in [5.74, 6) is 1.25. The van der Waals surface area contributed by atoms with Gasteiger partial charge in [-0.1, -0.05) is 43.2 Å². The van der Waals surface area contributed by atoms with Gasteiger partial charge in [-0.2, -0.15) is 13.2 Å². The van der Waals surface area contributed by atoms with Crippen molar-refractivity contribution < 1.29 is 17.9 Å². The van der Waals surface area contributed by atoms with E-state index in [1.807, 2.05) is 30.3 Å². The van der Waals surface area contributed by atoms with Crippen molar-refractivity contribution in [2.45, 2.75) is 44.4 Å². The second-order valence-corrected chi connectivity index (χ2v) is 7.74. The lowest BCUT2D eigenvalue weighted by Gasteiger charge is -2.25. The van der Waals surface area contributed by atoms with Gasteiger partial charge in [0.05, 0.1) is 5.56 Å². The standard InChI is InChI=1S/C23H28F3NO/c1-27(17-18-7-5-6-8-18)16-15-22(19-9-3-2-4-10-19)28-21-13-11-20(12-14-21)23(24,25)26/h2-4,9-14,18,22H,5-8,15-17H2,1H3/t22-/m0/s1. The molecule has 0 aromatic heterocycles. The van der Waals surface area contributed by atoms with E-state index in [2.05, 4.69) is 11.9 Å². The molecule has 0 saturated heterocycles. The van der Waals surface area contributed by atoms with E-state index in [0.717, 1.165) is 43.1 Å². The summed E-state index contributed by atoms with van der Waals surface area (Å²) in [7, 11) is 2.14. The van der Waals surface area contributed by atoms with Crippen LogP contribution in [0.1, 0.15) is 49.3 Å². The maximum Gasteiger partial charge on any atom is 0.416 e. The largest absolute Gasteiger partial charge is 0.486 e. The third-order valence-electron chi connectivity index (χ3n) is 5.45. The number of ether oxygens (including phenoxy) is 1. The van der Waals surface area contributed by atoms with Crippen molar-refractivity contribution in [2.75, 3.05) is 20.1 Å². The second kappa shape index (κ2) is 9.46. The molecule has 152 valence electrons. The maximum atomic E-state index is 12.8. The lowest BCUT2D eigenvalue weighted by molar-refractivity contribution is -0.137. The topological polar surface area (TPSA) is 12.5 Å². The minimum absolute atomic E-state index is 0.191. The highest BCUT2D eigenvalue weighted by Crippen LogP contribution is 2.32. The molecule has 2 aromatic carbocycles. The molecule has 28 heavy (non-hydrogen) atoms. The number of nitrogens with zero attached hydrogens (tertiary/aromatic N) is 1. The van der Waals surface area contributed by atoms with Gasteiger partial charge < -0.3 is 9.64 Å². The van der Waals surface area contributed by atoms with Crippen LogP contribution >= 0.6 is 0 Å². The van der Waals surface area contributed by atoms with Crippen molar-refractivity contribution in [2.24, 2.45) is 5.92 Å². The lowest BCUT2D eigenvalue weighted by atomic mass is 10.0. The molecule has 1 fully saturated rings. The fraction of sp³-hybridized carbons (Fsp3) is 0.478. The third kappa shape index (κ3) is 5.99. The van der Waals surface area contributed by atoms with Gasteiger partial charge in [-0.05, 0) is 55.6 Å². The summed E-state index contributed by atoms with van der Waals surface area (Å²) in [4.78, 5) is 2.35. The number of hydrogen-bond donors (Lipinski definition) is 0. The summed E-state index contributed by atoms with van der Waals surface area (Å²) < 4.78 is 44.4. The van der Waals surface area contributed by atoms with Crippen LogP contribution in [0.3, 0.4) is 0 Å². The van der Waals surface area contributed by atoms with E-state index in [1.165, 1.54) is 37.8 Å². The summed E-state index contributed by atoms with van der Waals surface area (Å²) in [5, 5.41) is 0. The molecule has 0 heterocycles. The molecule has 0 spiro atoms. The average Bonchev–Trinajstić information content (AvgIpc) is 3.18. The first-order valence-electron chi connectivity index (χ1n) is 9.99. The SMILES string of the molecule is CN(CC[C@H](Oc1ccc(C(F)(F)F)cc1)c1ccccc1)CC1CCCC1. The van der Waals surface area contributed by atoms with Crippen molar-refractivity contribution in [1.82, 2.24) is 4.90 Å². The van der Waals surface area contributed by atoms with Crippen molar-refractivity contribution in [3.05, 3.63) is 65.7 Å². The fourth-order valence-electron chi connectivity index (χ4n) is 3.91. The molecule has 5 heteroatoms. The lowest BCUT2D eigenvalue weighted by Crippen LogP contribution is -2.27. The van der Waals surface area contributed by atoms with Crippen molar-refractivity contribution in [1.29, 1.82) is 0 Å². The Bertz CT molecular complexity index is 709. The van der Waals surface area contributed by atoms with E-state index in [1.54, 1.807) is 0 Å². The normalized spacial score (nSPS) is 16.5. The van der Waals surface area contributed by atoms with Crippen LogP contribution in [0.2, 0.25) is 0 Å². The number of benzene rings is 2. The minimum Gasteiger partial charge on any atom is -0.486 e. The van der Waals surface area contributed by atoms with Crippen LogP contribution < -0.4 is 4.74 Å². The van der Waals surface area contributed by atoms with E-state index >= 15 is 0 Å². The molecule has 2 aromatic rings. The monoisotopic (exact) mass is 391 g/mol. The molecular formula is C23H28F3NO. The summed E-state index contributed by atoms with van der Waals surface area (Å²) in [6.45, 7) is 1.98. The van der Waals surface area contributed by atoms with Gasteiger partial charge in [-0.25, -0.2) is 0 Å². The number of halogens is 3. The van der Waals surface area contributed by atoms with E-state index in [4.69, 9.17) is 4.74 Å². The highest BCUT2D eigenvalue weighted by molar-refractivity contribution is 5.30. The molecule has 1 saturated carbocycles. The quantitative estimate of drug-likeness (QED) is 0.521. The van der Waals surface area contributed by atoms with Gasteiger partial charge in [0.1, 0.15) is 11.9 Å². The second-order valence-electron chi connectivity index (χ2n) is 7.74. The van der Waals surface area contributed by atoms with Crippen LogP contribution in [-0.2, 0) is 6.18 Å². The molecule has 3 rings (SSSR count). The Balaban J connectivity index is 1.64. The van der Waals surface area contributed by atoms with Crippen LogP contribution in [0.4, 0.5) is 13.2 Å². The van der Waals surface area contributed by atoms with Crippen LogP contribution in [0.25, 0.3) is 0 Å². The Labute approximate surface area is 165 Å². The maximum absolute atomic E-state index is 12.8. The number of alkyl halides is 3. The molecule has 0 radical (unpaired) electrons. The smallest absolute Gasteiger partial charge is 0.416 e. The highest BCUT2D eigenvalue weighted by atomic mass is 19.4. The molecule has 1 aliphatic rings. The molecule has 0 aliphatic heterocycles. The Hall–Kier alpha value is -2.01. The summed E-state index contributed by atoms with van der Waals surface area (Å²) in [6, 6.07) is 14.8.